The third-order valence-corrected chi connectivity index (χ3v) is 5.64. The average molecular weight is 380 g/mol. The van der Waals surface area contributed by atoms with Crippen molar-refractivity contribution in [1.82, 2.24) is 4.90 Å². The number of ether oxygens (including phenoxy) is 2. The maximum Gasteiger partial charge on any atom is 0.293 e. The molecule has 1 fully saturated rings. The van der Waals surface area contributed by atoms with Gasteiger partial charge in [0.15, 0.2) is 11.5 Å². The molecule has 2 aliphatic rings. The number of halogens is 1. The SMILES string of the molecule is O=C1S/C(=C\c2cccs2)C(=O)N1Cc1cc2c(cc1Cl)OCO2. The molecule has 2 aromatic rings. The van der Waals surface area contributed by atoms with Crippen molar-refractivity contribution in [2.24, 2.45) is 0 Å². The molecular formula is C16H10ClNO4S2. The fraction of sp³-hybridized carbons (Fsp3) is 0.125. The Morgan fingerprint density at radius 3 is 2.79 bits per heavy atom. The topological polar surface area (TPSA) is 55.8 Å². The quantitative estimate of drug-likeness (QED) is 0.741. The highest BCUT2D eigenvalue weighted by Crippen LogP contribution is 2.39. The molecule has 0 aliphatic carbocycles. The summed E-state index contributed by atoms with van der Waals surface area (Å²) in [7, 11) is 0. The molecule has 0 bridgehead atoms. The third kappa shape index (κ3) is 2.79. The molecule has 3 heterocycles. The number of thioether (sulfide) groups is 1. The summed E-state index contributed by atoms with van der Waals surface area (Å²) in [6.07, 6.45) is 1.73. The molecule has 8 heteroatoms. The van der Waals surface area contributed by atoms with Gasteiger partial charge in [0.25, 0.3) is 11.1 Å². The van der Waals surface area contributed by atoms with E-state index < -0.39 is 0 Å². The molecule has 0 N–H and O–H groups in total. The lowest BCUT2D eigenvalue weighted by molar-refractivity contribution is -0.123. The van der Waals surface area contributed by atoms with Crippen molar-refractivity contribution in [2.75, 3.05) is 6.79 Å². The van der Waals surface area contributed by atoms with Gasteiger partial charge in [0, 0.05) is 16.0 Å². The molecule has 1 saturated heterocycles. The second kappa shape index (κ2) is 6.16. The van der Waals surface area contributed by atoms with Crippen LogP contribution in [0.15, 0.2) is 34.6 Å². The zero-order valence-corrected chi connectivity index (χ0v) is 14.5. The van der Waals surface area contributed by atoms with Crippen LogP contribution in [0.2, 0.25) is 5.02 Å². The van der Waals surface area contributed by atoms with E-state index >= 15 is 0 Å². The molecule has 1 aromatic carbocycles. The van der Waals surface area contributed by atoms with Crippen molar-refractivity contribution < 1.29 is 19.1 Å². The minimum absolute atomic E-state index is 0.0991. The molecule has 0 unspecified atom stereocenters. The number of carbonyl (C=O) groups excluding carboxylic acids is 2. The van der Waals surface area contributed by atoms with Crippen LogP contribution in [-0.2, 0) is 11.3 Å². The van der Waals surface area contributed by atoms with Gasteiger partial charge in [-0.05, 0) is 40.9 Å². The van der Waals surface area contributed by atoms with Crippen LogP contribution in [0.5, 0.6) is 11.5 Å². The maximum absolute atomic E-state index is 12.5. The molecule has 0 saturated carbocycles. The second-order valence-corrected chi connectivity index (χ2v) is 7.46. The summed E-state index contributed by atoms with van der Waals surface area (Å²) in [6, 6.07) is 7.14. The van der Waals surface area contributed by atoms with Gasteiger partial charge in [-0.1, -0.05) is 17.7 Å². The van der Waals surface area contributed by atoms with Crippen LogP contribution in [0.25, 0.3) is 6.08 Å². The fourth-order valence-corrected chi connectivity index (χ4v) is 4.16. The van der Waals surface area contributed by atoms with E-state index in [1.807, 2.05) is 17.5 Å². The molecule has 1 aromatic heterocycles. The van der Waals surface area contributed by atoms with Gasteiger partial charge in [0.2, 0.25) is 6.79 Å². The van der Waals surface area contributed by atoms with Crippen LogP contribution in [-0.4, -0.2) is 22.8 Å². The van der Waals surface area contributed by atoms with Crippen molar-refractivity contribution >= 4 is 51.9 Å². The smallest absolute Gasteiger partial charge is 0.293 e. The van der Waals surface area contributed by atoms with Crippen LogP contribution < -0.4 is 9.47 Å². The van der Waals surface area contributed by atoms with Crippen LogP contribution in [0.4, 0.5) is 4.79 Å². The van der Waals surface area contributed by atoms with Crippen molar-refractivity contribution in [3.8, 4) is 11.5 Å². The summed E-state index contributed by atoms with van der Waals surface area (Å²) in [4.78, 5) is 27.3. The van der Waals surface area contributed by atoms with Gasteiger partial charge in [-0.2, -0.15) is 0 Å². The van der Waals surface area contributed by atoms with Gasteiger partial charge in [0.05, 0.1) is 11.4 Å². The number of amides is 2. The Balaban J connectivity index is 1.59. The molecule has 0 radical (unpaired) electrons. The Hall–Kier alpha value is -1.96. The Kier molecular flexibility index (Phi) is 3.99. The lowest BCUT2D eigenvalue weighted by atomic mass is 10.2. The van der Waals surface area contributed by atoms with Crippen LogP contribution in [0.1, 0.15) is 10.4 Å². The predicted octanol–water partition coefficient (Wildman–Crippen LogP) is 4.37. The van der Waals surface area contributed by atoms with Gasteiger partial charge in [-0.15, -0.1) is 11.3 Å². The molecular weight excluding hydrogens is 370 g/mol. The number of nitrogens with zero attached hydrogens (tertiary/aromatic N) is 1. The van der Waals surface area contributed by atoms with Crippen molar-refractivity contribution in [3.05, 3.63) is 50.0 Å². The number of hydrogen-bond donors (Lipinski definition) is 0. The number of hydrogen-bond acceptors (Lipinski definition) is 6. The molecule has 5 nitrogen and oxygen atoms in total. The maximum atomic E-state index is 12.5. The van der Waals surface area contributed by atoms with E-state index in [0.29, 0.717) is 27.0 Å². The Bertz CT molecular complexity index is 863. The second-order valence-electron chi connectivity index (χ2n) is 5.08. The summed E-state index contributed by atoms with van der Waals surface area (Å²) in [5.74, 6) is 0.818. The molecule has 0 spiro atoms. The number of rotatable bonds is 3. The number of imide groups is 1. The predicted molar refractivity (Wildman–Crippen MR) is 93.4 cm³/mol. The van der Waals surface area contributed by atoms with Gasteiger partial charge in [0.1, 0.15) is 0 Å². The van der Waals surface area contributed by atoms with E-state index in [1.165, 1.54) is 16.2 Å². The van der Waals surface area contributed by atoms with E-state index in [-0.39, 0.29) is 24.5 Å². The summed E-state index contributed by atoms with van der Waals surface area (Å²) in [6.45, 7) is 0.238. The molecule has 4 rings (SSSR count). The first-order valence-corrected chi connectivity index (χ1v) is 9.06. The van der Waals surface area contributed by atoms with Crippen LogP contribution >= 0.6 is 34.7 Å². The number of thiophene rings is 1. The van der Waals surface area contributed by atoms with Crippen molar-refractivity contribution in [3.63, 3.8) is 0 Å². The highest BCUT2D eigenvalue weighted by molar-refractivity contribution is 8.18. The number of carbonyl (C=O) groups is 2. The first-order valence-electron chi connectivity index (χ1n) is 6.99. The van der Waals surface area contributed by atoms with E-state index in [9.17, 15) is 9.59 Å². The van der Waals surface area contributed by atoms with Gasteiger partial charge in [-0.25, -0.2) is 0 Å². The summed E-state index contributed by atoms with van der Waals surface area (Å²) >= 11 is 8.68. The summed E-state index contributed by atoms with van der Waals surface area (Å²) in [5.41, 5.74) is 0.639. The van der Waals surface area contributed by atoms with Crippen molar-refractivity contribution in [2.45, 2.75) is 6.54 Å². The monoisotopic (exact) mass is 379 g/mol. The molecule has 24 heavy (non-hydrogen) atoms. The molecule has 2 amide bonds. The minimum atomic E-state index is -0.313. The van der Waals surface area contributed by atoms with E-state index in [2.05, 4.69) is 0 Å². The summed E-state index contributed by atoms with van der Waals surface area (Å²) < 4.78 is 10.6. The van der Waals surface area contributed by atoms with Gasteiger partial charge < -0.3 is 9.47 Å². The van der Waals surface area contributed by atoms with Crippen LogP contribution in [0, 0.1) is 0 Å². The van der Waals surface area contributed by atoms with Crippen molar-refractivity contribution in [1.29, 1.82) is 0 Å². The van der Waals surface area contributed by atoms with Gasteiger partial charge in [-0.3, -0.25) is 14.5 Å². The summed E-state index contributed by atoms with van der Waals surface area (Å²) in [5, 5.41) is 2.04. The zero-order chi connectivity index (χ0) is 16.7. The van der Waals surface area contributed by atoms with E-state index in [0.717, 1.165) is 16.6 Å². The highest BCUT2D eigenvalue weighted by Gasteiger charge is 2.35. The average Bonchev–Trinajstić information content (AvgIpc) is 3.26. The first kappa shape index (κ1) is 15.6. The van der Waals surface area contributed by atoms with E-state index in [4.69, 9.17) is 21.1 Å². The van der Waals surface area contributed by atoms with Crippen LogP contribution in [0.3, 0.4) is 0 Å². The Morgan fingerprint density at radius 2 is 2.04 bits per heavy atom. The zero-order valence-electron chi connectivity index (χ0n) is 12.2. The van der Waals surface area contributed by atoms with E-state index in [1.54, 1.807) is 18.2 Å². The van der Waals surface area contributed by atoms with Gasteiger partial charge >= 0.3 is 0 Å². The lowest BCUT2D eigenvalue weighted by Crippen LogP contribution is -2.27. The Morgan fingerprint density at radius 1 is 1.25 bits per heavy atom. The first-order chi connectivity index (χ1) is 11.6. The number of fused-ring (bicyclic) bond motifs is 1. The molecule has 122 valence electrons. The normalized spacial score (nSPS) is 18.0. The largest absolute Gasteiger partial charge is 0.454 e. The fourth-order valence-electron chi connectivity index (χ4n) is 2.39. The third-order valence-electron chi connectivity index (χ3n) is 3.56. The Labute approximate surface area is 150 Å². The molecule has 0 atom stereocenters. The highest BCUT2D eigenvalue weighted by atomic mass is 35.5. The standard InChI is InChI=1S/C16H10ClNO4S2/c17-11-6-13-12(21-8-22-13)4-9(11)7-18-15(19)14(24-16(18)20)5-10-2-1-3-23-10/h1-6H,7-8H2/b14-5-. The minimum Gasteiger partial charge on any atom is -0.454 e. The molecule has 2 aliphatic heterocycles. The number of benzene rings is 1. The lowest BCUT2D eigenvalue weighted by Gasteiger charge is -2.14.